The number of aromatic nitrogens is 3. The van der Waals surface area contributed by atoms with Crippen molar-refractivity contribution in [2.24, 2.45) is 0 Å². The zero-order valence-corrected chi connectivity index (χ0v) is 25.6. The van der Waals surface area contributed by atoms with Gasteiger partial charge in [0.2, 0.25) is 0 Å². The monoisotopic (exact) mass is 609 g/mol. The lowest BCUT2D eigenvalue weighted by Crippen LogP contribution is -2.02. The highest BCUT2D eigenvalue weighted by molar-refractivity contribution is 7.30. The van der Waals surface area contributed by atoms with Crippen molar-refractivity contribution >= 4 is 84.8 Å². The van der Waals surface area contributed by atoms with E-state index in [1.807, 2.05) is 46.9 Å². The van der Waals surface area contributed by atoms with Crippen molar-refractivity contribution in [1.82, 2.24) is 14.5 Å². The summed E-state index contributed by atoms with van der Waals surface area (Å²) in [6.07, 6.45) is 0. The van der Waals surface area contributed by atoms with E-state index < -0.39 is 0 Å². The first-order valence-corrected chi connectivity index (χ1v) is 16.6. The molecule has 0 radical (unpaired) electrons. The Bertz CT molecular complexity index is 2670. The lowest BCUT2D eigenvalue weighted by Gasteiger charge is -2.13. The second-order valence-corrected chi connectivity index (χ2v) is 13.5. The molecule has 0 N–H and O–H groups in total. The Balaban J connectivity index is 1.45. The van der Waals surface area contributed by atoms with Gasteiger partial charge >= 0.3 is 0 Å². The summed E-state index contributed by atoms with van der Waals surface area (Å²) in [7, 11) is 0. The molecule has 3 nitrogen and oxygen atoms in total. The zero-order chi connectivity index (χ0) is 29.5. The first-order chi connectivity index (χ1) is 22.3. The van der Waals surface area contributed by atoms with Crippen LogP contribution in [0.25, 0.3) is 90.6 Å². The smallest absolute Gasteiger partial charge is 0.162 e. The molecule has 0 aliphatic rings. The molecule has 5 heteroatoms. The van der Waals surface area contributed by atoms with E-state index in [0.717, 1.165) is 28.2 Å². The molecule has 0 amide bonds. The van der Waals surface area contributed by atoms with Crippen LogP contribution in [0.3, 0.4) is 0 Å². The van der Waals surface area contributed by atoms with E-state index in [1.54, 1.807) is 0 Å². The molecule has 45 heavy (non-hydrogen) atoms. The van der Waals surface area contributed by atoms with Crippen LogP contribution in [-0.2, 0) is 0 Å². The minimum atomic E-state index is 0.715. The number of fused-ring (bicyclic) bond motifs is 12. The van der Waals surface area contributed by atoms with Crippen molar-refractivity contribution in [2.45, 2.75) is 0 Å². The molecule has 0 spiro atoms. The quantitative estimate of drug-likeness (QED) is 0.199. The summed E-state index contributed by atoms with van der Waals surface area (Å²) in [5, 5.41) is 7.79. The predicted molar refractivity (Wildman–Crippen MR) is 193 cm³/mol. The van der Waals surface area contributed by atoms with E-state index in [9.17, 15) is 0 Å². The molecule has 0 bridgehead atoms. The maximum absolute atomic E-state index is 5.32. The van der Waals surface area contributed by atoms with Gasteiger partial charge < -0.3 is 0 Å². The number of hydrogen-bond donors (Lipinski definition) is 0. The minimum absolute atomic E-state index is 0.715. The Kier molecular flexibility index (Phi) is 5.32. The molecule has 0 aliphatic carbocycles. The van der Waals surface area contributed by atoms with Gasteiger partial charge in [-0.05, 0) is 18.2 Å². The van der Waals surface area contributed by atoms with Crippen molar-refractivity contribution in [3.63, 3.8) is 0 Å². The van der Waals surface area contributed by atoms with Crippen LogP contribution in [0.2, 0.25) is 0 Å². The summed E-state index contributed by atoms with van der Waals surface area (Å²) in [6, 6.07) is 49.4. The maximum Gasteiger partial charge on any atom is 0.162 e. The van der Waals surface area contributed by atoms with Crippen molar-refractivity contribution in [1.29, 1.82) is 0 Å². The third kappa shape index (κ3) is 3.62. The Labute approximate surface area is 266 Å². The van der Waals surface area contributed by atoms with E-state index in [0.29, 0.717) is 5.82 Å². The molecule has 210 valence electrons. The molecule has 6 aromatic carbocycles. The fourth-order valence-corrected chi connectivity index (χ4v) is 9.47. The molecule has 4 aromatic heterocycles. The van der Waals surface area contributed by atoms with Gasteiger partial charge in [-0.2, -0.15) is 0 Å². The van der Waals surface area contributed by atoms with Gasteiger partial charge in [-0.3, -0.25) is 4.57 Å². The molecular formula is C40H23N3S2. The average Bonchev–Trinajstić information content (AvgIpc) is 3.78. The largest absolute Gasteiger partial charge is 0.293 e. The maximum atomic E-state index is 5.32. The highest BCUT2D eigenvalue weighted by Crippen LogP contribution is 2.52. The Morgan fingerprint density at radius 3 is 1.69 bits per heavy atom. The second kappa shape index (κ2) is 9.57. The van der Waals surface area contributed by atoms with Crippen LogP contribution in [0, 0.1) is 0 Å². The molecule has 0 unspecified atom stereocenters. The van der Waals surface area contributed by atoms with Crippen LogP contribution in [0.4, 0.5) is 0 Å². The summed E-state index contributed by atoms with van der Waals surface area (Å²) < 4.78 is 7.68. The summed E-state index contributed by atoms with van der Waals surface area (Å²) >= 11 is 3.80. The van der Waals surface area contributed by atoms with Crippen LogP contribution < -0.4 is 0 Å². The molecule has 0 atom stereocenters. The number of hydrogen-bond acceptors (Lipinski definition) is 4. The summed E-state index contributed by atoms with van der Waals surface area (Å²) in [5.41, 5.74) is 5.32. The lowest BCUT2D eigenvalue weighted by molar-refractivity contribution is 1.05. The van der Waals surface area contributed by atoms with Gasteiger partial charge in [-0.15, -0.1) is 22.7 Å². The molecule has 10 rings (SSSR count). The second-order valence-electron chi connectivity index (χ2n) is 11.3. The Hall–Kier alpha value is -5.36. The van der Waals surface area contributed by atoms with Crippen LogP contribution in [0.1, 0.15) is 0 Å². The van der Waals surface area contributed by atoms with Gasteiger partial charge in [0.1, 0.15) is 5.82 Å². The van der Waals surface area contributed by atoms with Crippen LogP contribution in [0.15, 0.2) is 140 Å². The SMILES string of the molecule is c1ccc(-c2cc(-n3c4ccccc4c4c5sc6ccccc6c5c5sc6ccccc6c5c43)nc(-c3ccccc3)n2)cc1. The molecule has 0 fully saturated rings. The fraction of sp³-hybridized carbons (Fsp3) is 0. The highest BCUT2D eigenvalue weighted by atomic mass is 32.1. The third-order valence-corrected chi connectivity index (χ3v) is 11.2. The third-order valence-electron chi connectivity index (χ3n) is 8.80. The topological polar surface area (TPSA) is 30.7 Å². The summed E-state index contributed by atoms with van der Waals surface area (Å²) in [4.78, 5) is 10.4. The zero-order valence-electron chi connectivity index (χ0n) is 23.9. The first kappa shape index (κ1) is 25.0. The number of para-hydroxylation sites is 1. The highest BCUT2D eigenvalue weighted by Gasteiger charge is 2.25. The van der Waals surface area contributed by atoms with E-state index in [2.05, 4.69) is 120 Å². The van der Waals surface area contributed by atoms with Gasteiger partial charge in [0.15, 0.2) is 5.82 Å². The predicted octanol–water partition coefficient (Wildman–Crippen LogP) is 11.6. The first-order valence-electron chi connectivity index (χ1n) is 15.0. The van der Waals surface area contributed by atoms with E-state index in [1.165, 1.54) is 56.6 Å². The van der Waals surface area contributed by atoms with E-state index in [-0.39, 0.29) is 0 Å². The molecule has 0 saturated carbocycles. The molecule has 0 saturated heterocycles. The van der Waals surface area contributed by atoms with Gasteiger partial charge in [-0.1, -0.05) is 115 Å². The van der Waals surface area contributed by atoms with Crippen molar-refractivity contribution in [2.75, 3.05) is 0 Å². The van der Waals surface area contributed by atoms with E-state index in [4.69, 9.17) is 9.97 Å². The van der Waals surface area contributed by atoms with Gasteiger partial charge in [0, 0.05) is 68.3 Å². The summed E-state index contributed by atoms with van der Waals surface area (Å²) in [5.74, 6) is 1.58. The lowest BCUT2D eigenvalue weighted by atomic mass is 10.0. The fourth-order valence-electron chi connectivity index (χ4n) is 6.87. The Morgan fingerprint density at radius 2 is 1.00 bits per heavy atom. The number of thiophene rings is 2. The van der Waals surface area contributed by atoms with Crippen molar-refractivity contribution in [3.8, 4) is 28.5 Å². The number of nitrogens with zero attached hydrogens (tertiary/aromatic N) is 3. The van der Waals surface area contributed by atoms with Gasteiger partial charge in [0.25, 0.3) is 0 Å². The summed E-state index contributed by atoms with van der Waals surface area (Å²) in [6.45, 7) is 0. The molecule has 4 heterocycles. The normalized spacial score (nSPS) is 12.0. The van der Waals surface area contributed by atoms with E-state index >= 15 is 0 Å². The van der Waals surface area contributed by atoms with Crippen LogP contribution in [-0.4, -0.2) is 14.5 Å². The molecule has 0 aliphatic heterocycles. The van der Waals surface area contributed by atoms with Crippen molar-refractivity contribution < 1.29 is 0 Å². The van der Waals surface area contributed by atoms with Gasteiger partial charge in [-0.25, -0.2) is 9.97 Å². The Morgan fingerprint density at radius 1 is 0.467 bits per heavy atom. The van der Waals surface area contributed by atoms with Gasteiger partial charge in [0.05, 0.1) is 16.7 Å². The molecule has 10 aromatic rings. The number of benzene rings is 6. The minimum Gasteiger partial charge on any atom is -0.293 e. The standard InChI is InChI=1S/C40H23N3S2/c1-3-13-24(14-4-1)29-23-33(42-40(41-29)25-15-5-2-6-16-25)43-30-20-10-7-17-26(30)34-37(43)35-27-18-8-11-21-31(27)44-39(35)36-28-19-9-12-22-32(28)45-38(34)36/h1-23H. The van der Waals surface area contributed by atoms with Crippen molar-refractivity contribution in [3.05, 3.63) is 140 Å². The number of rotatable bonds is 3. The molecular weight excluding hydrogens is 587 g/mol. The average molecular weight is 610 g/mol. The van der Waals surface area contributed by atoms with Crippen LogP contribution >= 0.6 is 22.7 Å². The van der Waals surface area contributed by atoms with Crippen LogP contribution in [0.5, 0.6) is 0 Å².